The van der Waals surface area contributed by atoms with E-state index < -0.39 is 0 Å². The summed E-state index contributed by atoms with van der Waals surface area (Å²) in [5.41, 5.74) is 1.79. The molecular formula is C38H72. The molecule has 3 saturated carbocycles. The fraction of sp³-hybridized carbons (Fsp3) is 1.00. The standard InChI is InChI=1S/C38H72/c1-22-37(24(4)5)26(7)28-25(6)34(19,23(2)3)27(8)29-32(15,16)33(17,18)36(37,21)35(20,30(9,10)11)38(28,29)31(12,13)14/h23-29H,22H2,1-21H3. The third-order valence-corrected chi connectivity index (χ3v) is 17.4. The zero-order valence-electron chi connectivity index (χ0n) is 30.2. The molecule has 2 bridgehead atoms. The molecule has 3 aliphatic rings. The molecule has 3 rings (SSSR count). The summed E-state index contributed by atoms with van der Waals surface area (Å²) in [6.07, 6.45) is 1.27. The molecule has 0 aromatic heterocycles. The van der Waals surface area contributed by atoms with Crippen LogP contribution in [0.5, 0.6) is 0 Å². The Kier molecular flexibility index (Phi) is 7.10. The minimum atomic E-state index is 0.146. The average Bonchev–Trinajstić information content (AvgIpc) is 2.72. The first-order valence-electron chi connectivity index (χ1n) is 16.7. The highest BCUT2D eigenvalue weighted by Crippen LogP contribution is 2.94. The van der Waals surface area contributed by atoms with Crippen LogP contribution in [0.4, 0.5) is 0 Å². The van der Waals surface area contributed by atoms with E-state index in [0.29, 0.717) is 46.8 Å². The molecule has 0 radical (unpaired) electrons. The van der Waals surface area contributed by atoms with Gasteiger partial charge in [-0.05, 0) is 96.6 Å². The van der Waals surface area contributed by atoms with Gasteiger partial charge in [0.2, 0.25) is 0 Å². The fourth-order valence-electron chi connectivity index (χ4n) is 15.0. The van der Waals surface area contributed by atoms with Crippen LogP contribution in [-0.2, 0) is 0 Å². The van der Waals surface area contributed by atoms with E-state index in [1.165, 1.54) is 6.42 Å². The second kappa shape index (κ2) is 8.30. The van der Waals surface area contributed by atoms with Gasteiger partial charge < -0.3 is 0 Å². The second-order valence-electron chi connectivity index (χ2n) is 19.4. The zero-order valence-corrected chi connectivity index (χ0v) is 30.2. The van der Waals surface area contributed by atoms with Crippen molar-refractivity contribution in [3.8, 4) is 0 Å². The highest BCUT2D eigenvalue weighted by Gasteiger charge is 2.90. The Labute approximate surface area is 241 Å². The Bertz CT molecular complexity index is 919. The lowest BCUT2D eigenvalue weighted by molar-refractivity contribution is -0.459. The second-order valence-corrected chi connectivity index (χ2v) is 19.4. The largest absolute Gasteiger partial charge is 0.0648 e. The van der Waals surface area contributed by atoms with E-state index in [0.717, 1.165) is 0 Å². The molecule has 0 amide bonds. The Morgan fingerprint density at radius 1 is 0.632 bits per heavy atom. The van der Waals surface area contributed by atoms with Crippen LogP contribution >= 0.6 is 0 Å². The van der Waals surface area contributed by atoms with Crippen LogP contribution in [0.25, 0.3) is 0 Å². The van der Waals surface area contributed by atoms with Gasteiger partial charge >= 0.3 is 0 Å². The van der Waals surface area contributed by atoms with Crippen molar-refractivity contribution in [3.05, 3.63) is 0 Å². The maximum atomic E-state index is 2.85. The van der Waals surface area contributed by atoms with E-state index in [2.05, 4.69) is 145 Å². The van der Waals surface area contributed by atoms with E-state index in [9.17, 15) is 0 Å². The SMILES string of the molecule is CCC1(C(C)C)C(C)C2C(C)C(C)(C(C)C)C(C)C3C(C)(C)C(C)(C)C1(C)C(C)(C(C)(C)C)C23C(C)(C)C. The molecule has 0 saturated heterocycles. The van der Waals surface area contributed by atoms with E-state index in [4.69, 9.17) is 0 Å². The maximum Gasteiger partial charge on any atom is -0.0114 e. The quantitative estimate of drug-likeness (QED) is 0.341. The molecule has 10 unspecified atom stereocenters. The van der Waals surface area contributed by atoms with Gasteiger partial charge in [-0.3, -0.25) is 0 Å². The molecule has 0 spiro atoms. The van der Waals surface area contributed by atoms with Gasteiger partial charge in [0.25, 0.3) is 0 Å². The van der Waals surface area contributed by atoms with Crippen LogP contribution in [-0.4, -0.2) is 0 Å². The number of fused-ring (bicyclic) bond motifs is 1. The molecule has 10 atom stereocenters. The summed E-state index contributed by atoms with van der Waals surface area (Å²) in [6.45, 7) is 56.4. The van der Waals surface area contributed by atoms with Crippen molar-refractivity contribution in [2.75, 3.05) is 0 Å². The predicted octanol–water partition coefficient (Wildman–Crippen LogP) is 12.0. The van der Waals surface area contributed by atoms with Crippen molar-refractivity contribution < 1.29 is 0 Å². The fourth-order valence-corrected chi connectivity index (χ4v) is 15.0. The minimum Gasteiger partial charge on any atom is -0.0648 e. The lowest BCUT2D eigenvalue weighted by atomic mass is 9.11. The summed E-state index contributed by atoms with van der Waals surface area (Å²) in [4.78, 5) is 0. The van der Waals surface area contributed by atoms with Crippen molar-refractivity contribution in [2.45, 2.75) is 152 Å². The molecule has 0 heteroatoms. The van der Waals surface area contributed by atoms with Crippen molar-refractivity contribution in [3.63, 3.8) is 0 Å². The van der Waals surface area contributed by atoms with E-state index >= 15 is 0 Å². The third kappa shape index (κ3) is 2.78. The van der Waals surface area contributed by atoms with Crippen molar-refractivity contribution in [1.29, 1.82) is 0 Å². The molecule has 0 heterocycles. The van der Waals surface area contributed by atoms with E-state index in [1.54, 1.807) is 0 Å². The molecular weight excluding hydrogens is 456 g/mol. The van der Waals surface area contributed by atoms with Gasteiger partial charge in [0.05, 0.1) is 0 Å². The number of rotatable bonds is 3. The maximum absolute atomic E-state index is 2.85. The van der Waals surface area contributed by atoms with E-state index in [-0.39, 0.29) is 43.3 Å². The topological polar surface area (TPSA) is 0 Å². The first-order valence-corrected chi connectivity index (χ1v) is 16.7. The summed E-state index contributed by atoms with van der Waals surface area (Å²) in [7, 11) is 0. The number of hydrogen-bond acceptors (Lipinski definition) is 0. The van der Waals surface area contributed by atoms with Crippen LogP contribution in [0.1, 0.15) is 152 Å². The van der Waals surface area contributed by atoms with Crippen molar-refractivity contribution in [2.24, 2.45) is 90.2 Å². The van der Waals surface area contributed by atoms with Crippen LogP contribution in [0.3, 0.4) is 0 Å². The summed E-state index contributed by atoms with van der Waals surface area (Å²) in [6, 6.07) is 0. The van der Waals surface area contributed by atoms with Gasteiger partial charge in [-0.25, -0.2) is 0 Å². The minimum absolute atomic E-state index is 0.146. The molecule has 0 nitrogen and oxygen atoms in total. The molecule has 3 aliphatic carbocycles. The molecule has 0 aromatic rings. The lowest BCUT2D eigenvalue weighted by Gasteiger charge is -2.93. The summed E-state index contributed by atoms with van der Waals surface area (Å²) >= 11 is 0. The highest BCUT2D eigenvalue weighted by atomic mass is 14.9. The van der Waals surface area contributed by atoms with Crippen LogP contribution in [0, 0.1) is 90.2 Å². The highest BCUT2D eigenvalue weighted by molar-refractivity contribution is 5.36. The van der Waals surface area contributed by atoms with Crippen LogP contribution in [0.2, 0.25) is 0 Å². The normalized spacial score (nSPS) is 50.4. The Balaban J connectivity index is 2.84. The lowest BCUT2D eigenvalue weighted by Crippen LogP contribution is -2.88. The van der Waals surface area contributed by atoms with Gasteiger partial charge in [0.15, 0.2) is 0 Å². The Morgan fingerprint density at radius 2 is 1.08 bits per heavy atom. The first kappa shape index (κ1) is 32.5. The van der Waals surface area contributed by atoms with Crippen LogP contribution in [0.15, 0.2) is 0 Å². The molecule has 224 valence electrons. The van der Waals surface area contributed by atoms with Crippen molar-refractivity contribution >= 4 is 0 Å². The van der Waals surface area contributed by atoms with Gasteiger partial charge in [0.1, 0.15) is 0 Å². The van der Waals surface area contributed by atoms with Gasteiger partial charge in [-0.15, -0.1) is 0 Å². The summed E-state index contributed by atoms with van der Waals surface area (Å²) < 4.78 is 0. The summed E-state index contributed by atoms with van der Waals surface area (Å²) in [5.74, 6) is 4.65. The monoisotopic (exact) mass is 529 g/mol. The van der Waals surface area contributed by atoms with E-state index in [1.807, 2.05) is 0 Å². The first-order chi connectivity index (χ1) is 16.7. The van der Waals surface area contributed by atoms with Gasteiger partial charge in [-0.2, -0.15) is 0 Å². The zero-order chi connectivity index (χ0) is 30.2. The predicted molar refractivity (Wildman–Crippen MR) is 170 cm³/mol. The average molecular weight is 529 g/mol. The third-order valence-electron chi connectivity index (χ3n) is 17.4. The molecule has 0 aromatic carbocycles. The van der Waals surface area contributed by atoms with Crippen molar-refractivity contribution in [1.82, 2.24) is 0 Å². The molecule has 0 N–H and O–H groups in total. The van der Waals surface area contributed by atoms with Gasteiger partial charge in [0, 0.05) is 0 Å². The van der Waals surface area contributed by atoms with Crippen LogP contribution < -0.4 is 0 Å². The van der Waals surface area contributed by atoms with Gasteiger partial charge in [-0.1, -0.05) is 145 Å². The summed E-state index contributed by atoms with van der Waals surface area (Å²) in [5, 5.41) is 0. The molecule has 38 heavy (non-hydrogen) atoms. The smallest absolute Gasteiger partial charge is 0.0114 e. The Hall–Kier alpha value is 0. The number of hydrogen-bond donors (Lipinski definition) is 0. The molecule has 3 fully saturated rings. The molecule has 0 aliphatic heterocycles. The Morgan fingerprint density at radius 3 is 1.39 bits per heavy atom.